The molecular formula is C17H19Cl2NO. The van der Waals surface area contributed by atoms with Crippen molar-refractivity contribution in [1.82, 2.24) is 5.32 Å². The van der Waals surface area contributed by atoms with Gasteiger partial charge in [0.1, 0.15) is 11.5 Å². The Morgan fingerprint density at radius 1 is 1.05 bits per heavy atom. The van der Waals surface area contributed by atoms with Crippen molar-refractivity contribution in [3.05, 3.63) is 57.6 Å². The first kappa shape index (κ1) is 16.2. The van der Waals surface area contributed by atoms with Gasteiger partial charge in [0.25, 0.3) is 0 Å². The van der Waals surface area contributed by atoms with E-state index < -0.39 is 0 Å². The van der Waals surface area contributed by atoms with Gasteiger partial charge in [0.05, 0.1) is 5.02 Å². The first-order chi connectivity index (χ1) is 9.95. The molecule has 0 radical (unpaired) electrons. The lowest BCUT2D eigenvalue weighted by atomic mass is 10.1. The number of ether oxygens (including phenoxy) is 1. The van der Waals surface area contributed by atoms with Crippen molar-refractivity contribution in [3.8, 4) is 11.5 Å². The molecule has 4 heteroatoms. The Kier molecular flexibility index (Phi) is 5.51. The standard InChI is InChI=1S/C17H19Cl2NO/c1-11(2)20-10-13-8-12(3)4-6-16(13)21-17-7-5-14(18)9-15(17)19/h4-9,11,20H,10H2,1-3H3. The SMILES string of the molecule is Cc1ccc(Oc2ccc(Cl)cc2Cl)c(CNC(C)C)c1. The summed E-state index contributed by atoms with van der Waals surface area (Å²) in [5.41, 5.74) is 2.31. The third-order valence-corrected chi connectivity index (χ3v) is 3.56. The molecule has 0 saturated heterocycles. The Bertz CT molecular complexity index is 626. The normalized spacial score (nSPS) is 11.0. The van der Waals surface area contributed by atoms with Gasteiger partial charge in [-0.15, -0.1) is 0 Å². The monoisotopic (exact) mass is 323 g/mol. The molecule has 0 aliphatic heterocycles. The summed E-state index contributed by atoms with van der Waals surface area (Å²) >= 11 is 12.1. The highest BCUT2D eigenvalue weighted by atomic mass is 35.5. The van der Waals surface area contributed by atoms with E-state index in [0.717, 1.165) is 17.9 Å². The predicted octanol–water partition coefficient (Wildman–Crippen LogP) is 5.59. The van der Waals surface area contributed by atoms with Gasteiger partial charge in [-0.2, -0.15) is 0 Å². The number of aryl methyl sites for hydroxylation is 1. The van der Waals surface area contributed by atoms with Crippen molar-refractivity contribution in [3.63, 3.8) is 0 Å². The minimum absolute atomic E-state index is 0.414. The van der Waals surface area contributed by atoms with Crippen LogP contribution in [0.15, 0.2) is 36.4 Å². The van der Waals surface area contributed by atoms with Crippen molar-refractivity contribution in [2.75, 3.05) is 0 Å². The molecule has 112 valence electrons. The van der Waals surface area contributed by atoms with E-state index in [0.29, 0.717) is 21.8 Å². The summed E-state index contributed by atoms with van der Waals surface area (Å²) in [6, 6.07) is 11.8. The Hall–Kier alpha value is -1.22. The maximum Gasteiger partial charge on any atom is 0.146 e. The molecule has 0 fully saturated rings. The average Bonchev–Trinajstić information content (AvgIpc) is 2.41. The highest BCUT2D eigenvalue weighted by Crippen LogP contribution is 2.33. The van der Waals surface area contributed by atoms with E-state index in [-0.39, 0.29) is 0 Å². The van der Waals surface area contributed by atoms with Crippen molar-refractivity contribution in [2.24, 2.45) is 0 Å². The van der Waals surface area contributed by atoms with Crippen LogP contribution in [0.4, 0.5) is 0 Å². The first-order valence-electron chi connectivity index (χ1n) is 6.91. The average molecular weight is 324 g/mol. The molecule has 0 bridgehead atoms. The molecule has 0 unspecified atom stereocenters. The minimum Gasteiger partial charge on any atom is -0.455 e. The number of halogens is 2. The van der Waals surface area contributed by atoms with E-state index in [1.54, 1.807) is 18.2 Å². The summed E-state index contributed by atoms with van der Waals surface area (Å²) in [5.74, 6) is 1.41. The lowest BCUT2D eigenvalue weighted by Crippen LogP contribution is -2.22. The number of rotatable bonds is 5. The van der Waals surface area contributed by atoms with Crippen LogP contribution in [-0.2, 0) is 6.54 Å². The van der Waals surface area contributed by atoms with Crippen LogP contribution in [0.25, 0.3) is 0 Å². The second kappa shape index (κ2) is 7.17. The maximum absolute atomic E-state index is 6.17. The Morgan fingerprint density at radius 2 is 1.76 bits per heavy atom. The highest BCUT2D eigenvalue weighted by Gasteiger charge is 2.09. The van der Waals surface area contributed by atoms with Crippen LogP contribution in [0, 0.1) is 6.92 Å². The van der Waals surface area contributed by atoms with Crippen LogP contribution < -0.4 is 10.1 Å². The summed E-state index contributed by atoms with van der Waals surface area (Å²) in [4.78, 5) is 0. The first-order valence-corrected chi connectivity index (χ1v) is 7.67. The summed E-state index contributed by atoms with van der Waals surface area (Å²) in [7, 11) is 0. The number of benzene rings is 2. The molecule has 2 rings (SSSR count). The molecule has 0 aliphatic rings. The quantitative estimate of drug-likeness (QED) is 0.774. The number of hydrogen-bond acceptors (Lipinski definition) is 2. The van der Waals surface area contributed by atoms with Gasteiger partial charge in [0.15, 0.2) is 0 Å². The smallest absolute Gasteiger partial charge is 0.146 e. The van der Waals surface area contributed by atoms with Crippen molar-refractivity contribution >= 4 is 23.2 Å². The lowest BCUT2D eigenvalue weighted by molar-refractivity contribution is 0.469. The van der Waals surface area contributed by atoms with E-state index in [1.807, 2.05) is 12.1 Å². The van der Waals surface area contributed by atoms with Gasteiger partial charge in [0, 0.05) is 23.2 Å². The fourth-order valence-corrected chi connectivity index (χ4v) is 2.38. The van der Waals surface area contributed by atoms with Gasteiger partial charge >= 0.3 is 0 Å². The predicted molar refractivity (Wildman–Crippen MR) is 89.7 cm³/mol. The summed E-state index contributed by atoms with van der Waals surface area (Å²) in [5, 5.41) is 4.51. The number of hydrogen-bond donors (Lipinski definition) is 1. The van der Waals surface area contributed by atoms with Crippen molar-refractivity contribution in [1.29, 1.82) is 0 Å². The van der Waals surface area contributed by atoms with E-state index >= 15 is 0 Å². The zero-order valence-electron chi connectivity index (χ0n) is 12.4. The molecule has 0 saturated carbocycles. The van der Waals surface area contributed by atoms with Crippen LogP contribution in [0.5, 0.6) is 11.5 Å². The topological polar surface area (TPSA) is 21.3 Å². The summed E-state index contributed by atoms with van der Waals surface area (Å²) in [6.07, 6.45) is 0. The molecular weight excluding hydrogens is 305 g/mol. The second-order valence-electron chi connectivity index (χ2n) is 5.32. The molecule has 0 spiro atoms. The van der Waals surface area contributed by atoms with Gasteiger partial charge in [0.2, 0.25) is 0 Å². The van der Waals surface area contributed by atoms with E-state index in [9.17, 15) is 0 Å². The molecule has 2 aromatic carbocycles. The fourth-order valence-electron chi connectivity index (χ4n) is 1.94. The molecule has 2 aromatic rings. The molecule has 0 aliphatic carbocycles. The second-order valence-corrected chi connectivity index (χ2v) is 6.17. The van der Waals surface area contributed by atoms with Crippen LogP contribution >= 0.6 is 23.2 Å². The third kappa shape index (κ3) is 4.63. The maximum atomic E-state index is 6.17. The summed E-state index contributed by atoms with van der Waals surface area (Å²) in [6.45, 7) is 7.05. The van der Waals surface area contributed by atoms with E-state index in [2.05, 4.69) is 32.2 Å². The van der Waals surface area contributed by atoms with Gasteiger partial charge in [-0.1, -0.05) is 54.7 Å². The zero-order valence-corrected chi connectivity index (χ0v) is 13.9. The van der Waals surface area contributed by atoms with Gasteiger partial charge in [-0.05, 0) is 31.2 Å². The van der Waals surface area contributed by atoms with Crippen molar-refractivity contribution < 1.29 is 4.74 Å². The molecule has 2 nitrogen and oxygen atoms in total. The third-order valence-electron chi connectivity index (χ3n) is 3.03. The van der Waals surface area contributed by atoms with Gasteiger partial charge in [-0.3, -0.25) is 0 Å². The minimum atomic E-state index is 0.414. The van der Waals surface area contributed by atoms with Crippen LogP contribution in [0.3, 0.4) is 0 Å². The highest BCUT2D eigenvalue weighted by molar-refractivity contribution is 6.35. The molecule has 0 heterocycles. The fraction of sp³-hybridized carbons (Fsp3) is 0.294. The zero-order chi connectivity index (χ0) is 15.4. The van der Waals surface area contributed by atoms with Gasteiger partial charge < -0.3 is 10.1 Å². The van der Waals surface area contributed by atoms with Crippen LogP contribution in [0.1, 0.15) is 25.0 Å². The number of nitrogens with one attached hydrogen (secondary N) is 1. The Morgan fingerprint density at radius 3 is 2.43 bits per heavy atom. The molecule has 0 atom stereocenters. The molecule has 0 aromatic heterocycles. The van der Waals surface area contributed by atoms with Crippen LogP contribution in [0.2, 0.25) is 10.0 Å². The molecule has 0 amide bonds. The van der Waals surface area contributed by atoms with Crippen LogP contribution in [-0.4, -0.2) is 6.04 Å². The summed E-state index contributed by atoms with van der Waals surface area (Å²) < 4.78 is 5.95. The lowest BCUT2D eigenvalue weighted by Gasteiger charge is -2.15. The van der Waals surface area contributed by atoms with Gasteiger partial charge in [-0.25, -0.2) is 0 Å². The Balaban J connectivity index is 2.26. The van der Waals surface area contributed by atoms with E-state index in [1.165, 1.54) is 5.56 Å². The Labute approximate surface area is 136 Å². The molecule has 21 heavy (non-hydrogen) atoms. The van der Waals surface area contributed by atoms with Crippen molar-refractivity contribution in [2.45, 2.75) is 33.4 Å². The largest absolute Gasteiger partial charge is 0.455 e. The van der Waals surface area contributed by atoms with E-state index in [4.69, 9.17) is 27.9 Å². The molecule has 1 N–H and O–H groups in total.